The van der Waals surface area contributed by atoms with Crippen molar-refractivity contribution in [2.75, 3.05) is 13.6 Å². The zero-order valence-corrected chi connectivity index (χ0v) is 8.38. The van der Waals surface area contributed by atoms with E-state index < -0.39 is 0 Å². The van der Waals surface area contributed by atoms with Crippen LogP contribution in [0.4, 0.5) is 0 Å². The Kier molecular flexibility index (Phi) is 2.36. The van der Waals surface area contributed by atoms with Gasteiger partial charge in [-0.3, -0.25) is 4.68 Å². The van der Waals surface area contributed by atoms with Gasteiger partial charge in [0.2, 0.25) is 0 Å². The molecule has 13 heavy (non-hydrogen) atoms. The molecule has 1 heterocycles. The maximum absolute atomic E-state index is 4.47. The van der Waals surface area contributed by atoms with E-state index in [0.29, 0.717) is 0 Å². The quantitative estimate of drug-likeness (QED) is 0.726. The van der Waals surface area contributed by atoms with Crippen LogP contribution in [-0.2, 0) is 19.9 Å². The Morgan fingerprint density at radius 1 is 1.69 bits per heavy atom. The summed E-state index contributed by atoms with van der Waals surface area (Å²) in [4.78, 5) is 0. The van der Waals surface area contributed by atoms with Crippen molar-refractivity contribution < 1.29 is 0 Å². The maximum atomic E-state index is 4.47. The highest BCUT2D eigenvalue weighted by Crippen LogP contribution is 2.23. The van der Waals surface area contributed by atoms with E-state index in [-0.39, 0.29) is 0 Å². The molecule has 0 saturated carbocycles. The van der Waals surface area contributed by atoms with Gasteiger partial charge in [-0.25, -0.2) is 0 Å². The number of fused-ring (bicyclic) bond motifs is 1. The van der Waals surface area contributed by atoms with Crippen LogP contribution in [0.1, 0.15) is 17.7 Å². The maximum Gasteiger partial charge on any atom is 0.0659 e. The van der Waals surface area contributed by atoms with Gasteiger partial charge in [0, 0.05) is 13.2 Å². The number of nitrogens with zero attached hydrogens (tertiary/aromatic N) is 2. The van der Waals surface area contributed by atoms with Crippen molar-refractivity contribution in [2.45, 2.75) is 19.3 Å². The third-order valence-corrected chi connectivity index (χ3v) is 2.79. The molecular formula is C10H17N3. The molecule has 0 radical (unpaired) electrons. The van der Waals surface area contributed by atoms with Crippen molar-refractivity contribution in [3.05, 3.63) is 17.5 Å². The normalized spacial score (nSPS) is 21.5. The fourth-order valence-electron chi connectivity index (χ4n) is 2.16. The number of hydrogen-bond acceptors (Lipinski definition) is 2. The molecule has 0 fully saturated rings. The van der Waals surface area contributed by atoms with Crippen LogP contribution in [0.5, 0.6) is 0 Å². The molecule has 1 aromatic heterocycles. The van der Waals surface area contributed by atoms with Crippen LogP contribution in [0.25, 0.3) is 0 Å². The summed E-state index contributed by atoms with van der Waals surface area (Å²) in [5.41, 5.74) is 2.77. The first-order chi connectivity index (χ1) is 6.29. The van der Waals surface area contributed by atoms with Crippen LogP contribution < -0.4 is 5.32 Å². The van der Waals surface area contributed by atoms with Crippen LogP contribution in [0.2, 0.25) is 0 Å². The Hall–Kier alpha value is -0.830. The topological polar surface area (TPSA) is 29.9 Å². The lowest BCUT2D eigenvalue weighted by Gasteiger charge is -2.20. The Morgan fingerprint density at radius 2 is 2.54 bits per heavy atom. The van der Waals surface area contributed by atoms with Gasteiger partial charge in [-0.15, -0.1) is 0 Å². The van der Waals surface area contributed by atoms with Gasteiger partial charge in [0.1, 0.15) is 0 Å². The molecule has 2 rings (SSSR count). The van der Waals surface area contributed by atoms with Crippen LogP contribution in [0, 0.1) is 5.92 Å². The second-order valence-corrected chi connectivity index (χ2v) is 3.94. The molecule has 1 aliphatic rings. The fraction of sp³-hybridized carbons (Fsp3) is 0.700. The van der Waals surface area contributed by atoms with E-state index in [2.05, 4.69) is 16.6 Å². The van der Waals surface area contributed by atoms with E-state index in [1.165, 1.54) is 24.1 Å². The third-order valence-electron chi connectivity index (χ3n) is 2.79. The third kappa shape index (κ3) is 1.75. The summed E-state index contributed by atoms with van der Waals surface area (Å²) in [6.45, 7) is 1.12. The van der Waals surface area contributed by atoms with Crippen molar-refractivity contribution in [3.63, 3.8) is 0 Å². The van der Waals surface area contributed by atoms with Crippen LogP contribution in [0.15, 0.2) is 6.20 Å². The number of aromatic nitrogens is 2. The molecule has 0 amide bonds. The first-order valence-corrected chi connectivity index (χ1v) is 4.95. The van der Waals surface area contributed by atoms with E-state index in [1.807, 2.05) is 18.8 Å². The Labute approximate surface area is 79.1 Å². The van der Waals surface area contributed by atoms with Gasteiger partial charge >= 0.3 is 0 Å². The predicted octanol–water partition coefficient (Wildman–Crippen LogP) is 0.744. The molecule has 3 nitrogen and oxygen atoms in total. The molecule has 0 bridgehead atoms. The zero-order valence-electron chi connectivity index (χ0n) is 8.38. The highest BCUT2D eigenvalue weighted by Gasteiger charge is 2.20. The van der Waals surface area contributed by atoms with Crippen LogP contribution in [0.3, 0.4) is 0 Å². The molecule has 1 unspecified atom stereocenters. The Bertz CT molecular complexity index is 290. The lowest BCUT2D eigenvalue weighted by molar-refractivity contribution is 0.435. The van der Waals surface area contributed by atoms with Gasteiger partial charge in [-0.05, 0) is 44.3 Å². The Balaban J connectivity index is 2.10. The molecule has 0 spiro atoms. The summed E-state index contributed by atoms with van der Waals surface area (Å²) in [6.07, 6.45) is 5.82. The highest BCUT2D eigenvalue weighted by molar-refractivity contribution is 5.20. The molecule has 0 saturated heterocycles. The number of nitrogens with one attached hydrogen (secondary N) is 1. The van der Waals surface area contributed by atoms with Crippen LogP contribution >= 0.6 is 0 Å². The summed E-state index contributed by atoms with van der Waals surface area (Å²) in [5, 5.41) is 7.71. The fourth-order valence-corrected chi connectivity index (χ4v) is 2.16. The summed E-state index contributed by atoms with van der Waals surface area (Å²) in [5.74, 6) is 0.785. The number of rotatable bonds is 2. The summed E-state index contributed by atoms with van der Waals surface area (Å²) < 4.78 is 1.94. The Morgan fingerprint density at radius 3 is 3.31 bits per heavy atom. The first-order valence-electron chi connectivity index (χ1n) is 4.95. The van der Waals surface area contributed by atoms with Gasteiger partial charge in [0.05, 0.1) is 5.69 Å². The second-order valence-electron chi connectivity index (χ2n) is 3.94. The van der Waals surface area contributed by atoms with E-state index >= 15 is 0 Å². The van der Waals surface area contributed by atoms with Crippen molar-refractivity contribution >= 4 is 0 Å². The molecule has 3 heteroatoms. The largest absolute Gasteiger partial charge is 0.319 e. The average Bonchev–Trinajstić information content (AvgIpc) is 2.44. The standard InChI is InChI=1S/C10H17N3/c1-11-6-8-3-4-9-7-13(2)12-10(9)5-8/h7-8,11H,3-6H2,1-2H3. The molecule has 1 aliphatic carbocycles. The lowest BCUT2D eigenvalue weighted by atomic mass is 9.88. The first kappa shape index (κ1) is 8.75. The minimum absolute atomic E-state index is 0.785. The van der Waals surface area contributed by atoms with Gasteiger partial charge in [-0.2, -0.15) is 5.10 Å². The van der Waals surface area contributed by atoms with E-state index in [0.717, 1.165) is 18.9 Å². The summed E-state index contributed by atoms with van der Waals surface area (Å²) in [6, 6.07) is 0. The summed E-state index contributed by atoms with van der Waals surface area (Å²) in [7, 11) is 4.03. The second kappa shape index (κ2) is 3.50. The summed E-state index contributed by atoms with van der Waals surface area (Å²) >= 11 is 0. The van der Waals surface area contributed by atoms with E-state index in [9.17, 15) is 0 Å². The predicted molar refractivity (Wildman–Crippen MR) is 52.6 cm³/mol. The van der Waals surface area contributed by atoms with Crippen molar-refractivity contribution in [3.8, 4) is 0 Å². The van der Waals surface area contributed by atoms with E-state index in [1.54, 1.807) is 0 Å². The molecule has 0 aromatic carbocycles. The highest BCUT2D eigenvalue weighted by atomic mass is 15.3. The van der Waals surface area contributed by atoms with Gasteiger partial charge < -0.3 is 5.32 Å². The molecular weight excluding hydrogens is 162 g/mol. The van der Waals surface area contributed by atoms with Crippen molar-refractivity contribution in [2.24, 2.45) is 13.0 Å². The number of aryl methyl sites for hydroxylation is 2. The minimum Gasteiger partial charge on any atom is -0.319 e. The van der Waals surface area contributed by atoms with Gasteiger partial charge in [0.25, 0.3) is 0 Å². The van der Waals surface area contributed by atoms with Crippen molar-refractivity contribution in [1.29, 1.82) is 0 Å². The van der Waals surface area contributed by atoms with Gasteiger partial charge in [0.15, 0.2) is 0 Å². The van der Waals surface area contributed by atoms with Crippen LogP contribution in [-0.4, -0.2) is 23.4 Å². The SMILES string of the molecule is CNCC1CCc2cn(C)nc2C1. The molecule has 72 valence electrons. The number of hydrogen-bond donors (Lipinski definition) is 1. The molecule has 1 N–H and O–H groups in total. The zero-order chi connectivity index (χ0) is 9.26. The molecule has 0 aliphatic heterocycles. The molecule has 1 atom stereocenters. The van der Waals surface area contributed by atoms with Gasteiger partial charge in [-0.1, -0.05) is 0 Å². The van der Waals surface area contributed by atoms with E-state index in [4.69, 9.17) is 0 Å². The minimum atomic E-state index is 0.785. The lowest BCUT2D eigenvalue weighted by Crippen LogP contribution is -2.24. The average molecular weight is 179 g/mol. The monoisotopic (exact) mass is 179 g/mol. The molecule has 1 aromatic rings. The smallest absolute Gasteiger partial charge is 0.0659 e. The van der Waals surface area contributed by atoms with Crippen molar-refractivity contribution in [1.82, 2.24) is 15.1 Å².